The topological polar surface area (TPSA) is 119 Å². The second kappa shape index (κ2) is 7.86. The molecule has 2 amide bonds. The van der Waals surface area contributed by atoms with Crippen molar-refractivity contribution in [1.29, 1.82) is 0 Å². The van der Waals surface area contributed by atoms with Crippen LogP contribution in [-0.4, -0.2) is 55.4 Å². The molecule has 0 radical (unpaired) electrons. The molecule has 0 bridgehead atoms. The summed E-state index contributed by atoms with van der Waals surface area (Å²) < 4.78 is 1.82. The summed E-state index contributed by atoms with van der Waals surface area (Å²) in [5, 5.41) is 2.93. The predicted molar refractivity (Wildman–Crippen MR) is 108 cm³/mol. The number of nitrogens with two attached hydrogens (primary N) is 1. The van der Waals surface area contributed by atoms with Gasteiger partial charge in [0.2, 0.25) is 5.91 Å². The molecule has 1 aliphatic rings. The van der Waals surface area contributed by atoms with Crippen molar-refractivity contribution < 1.29 is 9.59 Å². The molecule has 3 N–H and O–H groups in total. The van der Waals surface area contributed by atoms with Crippen LogP contribution < -0.4 is 11.1 Å². The molecule has 1 atom stereocenters. The Kier molecular flexibility index (Phi) is 5.11. The number of nitrogen functional groups attached to an aromatic ring is 1. The fourth-order valence-electron chi connectivity index (χ4n) is 3.71. The molecular formula is C20H23N7O2. The van der Waals surface area contributed by atoms with E-state index in [1.165, 1.54) is 6.33 Å². The van der Waals surface area contributed by atoms with Crippen molar-refractivity contribution in [3.05, 3.63) is 48.0 Å². The van der Waals surface area contributed by atoms with Gasteiger partial charge in [0.05, 0.1) is 6.33 Å². The van der Waals surface area contributed by atoms with Gasteiger partial charge in [0.1, 0.15) is 17.9 Å². The first-order valence-electron chi connectivity index (χ1n) is 9.61. The average molecular weight is 393 g/mol. The number of amides is 2. The Balaban J connectivity index is 1.38. The maximum absolute atomic E-state index is 12.9. The summed E-state index contributed by atoms with van der Waals surface area (Å²) in [5.41, 5.74) is 8.61. The Hall–Kier alpha value is -3.49. The van der Waals surface area contributed by atoms with E-state index in [0.717, 1.165) is 12.0 Å². The molecule has 9 heteroatoms. The van der Waals surface area contributed by atoms with E-state index in [1.54, 1.807) is 17.3 Å². The summed E-state index contributed by atoms with van der Waals surface area (Å²) in [5.74, 6) is 0.0928. The maximum Gasteiger partial charge on any atom is 0.254 e. The van der Waals surface area contributed by atoms with Gasteiger partial charge in [-0.25, -0.2) is 15.0 Å². The van der Waals surface area contributed by atoms with Crippen LogP contribution in [0.4, 0.5) is 5.82 Å². The van der Waals surface area contributed by atoms with Crippen molar-refractivity contribution in [3.8, 4) is 0 Å². The number of fused-ring (bicyclic) bond motifs is 1. The highest BCUT2D eigenvalue weighted by atomic mass is 16.2. The molecule has 4 rings (SSSR count). The van der Waals surface area contributed by atoms with Crippen LogP contribution >= 0.6 is 0 Å². The van der Waals surface area contributed by atoms with Crippen LogP contribution in [0.3, 0.4) is 0 Å². The minimum absolute atomic E-state index is 0.0980. The van der Waals surface area contributed by atoms with Gasteiger partial charge in [-0.05, 0) is 31.9 Å². The van der Waals surface area contributed by atoms with Gasteiger partial charge in [0.15, 0.2) is 11.5 Å². The van der Waals surface area contributed by atoms with E-state index < -0.39 is 6.04 Å². The van der Waals surface area contributed by atoms with Gasteiger partial charge >= 0.3 is 0 Å². The number of aromatic nitrogens is 4. The fourth-order valence-corrected chi connectivity index (χ4v) is 3.71. The van der Waals surface area contributed by atoms with Crippen molar-refractivity contribution >= 4 is 28.8 Å². The van der Waals surface area contributed by atoms with Crippen molar-refractivity contribution in [1.82, 2.24) is 29.7 Å². The summed E-state index contributed by atoms with van der Waals surface area (Å²) in [6.45, 7) is 3.44. The Bertz CT molecular complexity index is 1060. The number of rotatable bonds is 5. The Morgan fingerprint density at radius 1 is 1.28 bits per heavy atom. The molecule has 1 aliphatic heterocycles. The minimum atomic E-state index is -0.444. The van der Waals surface area contributed by atoms with E-state index in [1.807, 2.05) is 29.7 Å². The van der Waals surface area contributed by atoms with Gasteiger partial charge in [-0.1, -0.05) is 17.7 Å². The molecule has 150 valence electrons. The first-order chi connectivity index (χ1) is 14.0. The molecule has 0 saturated carbocycles. The molecule has 0 spiro atoms. The van der Waals surface area contributed by atoms with E-state index >= 15 is 0 Å². The summed E-state index contributed by atoms with van der Waals surface area (Å²) in [4.78, 5) is 39.6. The number of carbonyl (C=O) groups excluding carboxylic acids is 2. The zero-order valence-electron chi connectivity index (χ0n) is 16.2. The number of carbonyl (C=O) groups is 2. The Morgan fingerprint density at radius 2 is 2.14 bits per heavy atom. The number of hydrogen-bond acceptors (Lipinski definition) is 6. The fraction of sp³-hybridized carbons (Fsp3) is 0.350. The summed E-state index contributed by atoms with van der Waals surface area (Å²) in [6.07, 6.45) is 4.51. The van der Waals surface area contributed by atoms with Crippen LogP contribution in [0.25, 0.3) is 11.2 Å². The lowest BCUT2D eigenvalue weighted by Crippen LogP contribution is -2.46. The van der Waals surface area contributed by atoms with E-state index in [0.29, 0.717) is 48.6 Å². The highest BCUT2D eigenvalue weighted by Crippen LogP contribution is 2.21. The smallest absolute Gasteiger partial charge is 0.254 e. The number of likely N-dealkylation sites (tertiary alicyclic amines) is 1. The number of imidazole rings is 1. The third-order valence-electron chi connectivity index (χ3n) is 5.16. The lowest BCUT2D eigenvalue weighted by molar-refractivity contribution is -0.124. The first-order valence-corrected chi connectivity index (χ1v) is 9.61. The third kappa shape index (κ3) is 3.75. The zero-order chi connectivity index (χ0) is 20.4. The van der Waals surface area contributed by atoms with Crippen LogP contribution in [-0.2, 0) is 11.3 Å². The molecule has 0 aliphatic carbocycles. The summed E-state index contributed by atoms with van der Waals surface area (Å²) in [6, 6.07) is 7.01. The van der Waals surface area contributed by atoms with Gasteiger partial charge in [0.25, 0.3) is 5.91 Å². The molecule has 3 aromatic rings. The van der Waals surface area contributed by atoms with Crippen molar-refractivity contribution in [2.45, 2.75) is 32.4 Å². The molecule has 1 saturated heterocycles. The van der Waals surface area contributed by atoms with Gasteiger partial charge in [-0.2, -0.15) is 0 Å². The number of hydrogen-bond donors (Lipinski definition) is 2. The molecule has 1 fully saturated rings. The number of aryl methyl sites for hydroxylation is 1. The maximum atomic E-state index is 12.9. The van der Waals surface area contributed by atoms with Crippen molar-refractivity contribution in [2.24, 2.45) is 0 Å². The second-order valence-electron chi connectivity index (χ2n) is 7.19. The molecule has 1 aromatic carbocycles. The molecule has 3 heterocycles. The number of benzene rings is 1. The largest absolute Gasteiger partial charge is 0.382 e. The van der Waals surface area contributed by atoms with Gasteiger partial charge in [0, 0.05) is 25.2 Å². The van der Waals surface area contributed by atoms with Crippen molar-refractivity contribution in [2.75, 3.05) is 18.8 Å². The van der Waals surface area contributed by atoms with Gasteiger partial charge in [-0.15, -0.1) is 0 Å². The first kappa shape index (κ1) is 18.9. The van der Waals surface area contributed by atoms with Crippen LogP contribution in [0.1, 0.15) is 28.8 Å². The lowest BCUT2D eigenvalue weighted by atomic mass is 10.1. The van der Waals surface area contributed by atoms with E-state index in [2.05, 4.69) is 20.3 Å². The van der Waals surface area contributed by atoms with Crippen LogP contribution in [0.5, 0.6) is 0 Å². The average Bonchev–Trinajstić information content (AvgIpc) is 3.36. The Morgan fingerprint density at radius 3 is 2.97 bits per heavy atom. The number of anilines is 1. The zero-order valence-corrected chi connectivity index (χ0v) is 16.2. The minimum Gasteiger partial charge on any atom is -0.382 e. The Labute approximate surface area is 167 Å². The normalized spacial score (nSPS) is 16.3. The quantitative estimate of drug-likeness (QED) is 0.671. The molecule has 29 heavy (non-hydrogen) atoms. The monoisotopic (exact) mass is 393 g/mol. The summed E-state index contributed by atoms with van der Waals surface area (Å²) >= 11 is 0. The number of nitrogens with one attached hydrogen (secondary N) is 1. The predicted octanol–water partition coefficient (Wildman–Crippen LogP) is 1.14. The highest BCUT2D eigenvalue weighted by Gasteiger charge is 2.34. The van der Waals surface area contributed by atoms with Crippen LogP contribution in [0.2, 0.25) is 0 Å². The SMILES string of the molecule is Cc1cccc(C(=O)N2CCC[C@@H]2C(=O)NCCn2cnc3c(N)ncnc32)c1. The van der Waals surface area contributed by atoms with Crippen molar-refractivity contribution in [3.63, 3.8) is 0 Å². The third-order valence-corrected chi connectivity index (χ3v) is 5.16. The molecule has 9 nitrogen and oxygen atoms in total. The number of nitrogens with zero attached hydrogens (tertiary/aromatic N) is 5. The molecular weight excluding hydrogens is 370 g/mol. The summed E-state index contributed by atoms with van der Waals surface area (Å²) in [7, 11) is 0. The van der Waals surface area contributed by atoms with E-state index in [9.17, 15) is 9.59 Å². The van der Waals surface area contributed by atoms with E-state index in [-0.39, 0.29) is 11.8 Å². The molecule has 2 aromatic heterocycles. The lowest BCUT2D eigenvalue weighted by Gasteiger charge is -2.24. The van der Waals surface area contributed by atoms with Crippen LogP contribution in [0.15, 0.2) is 36.9 Å². The van der Waals surface area contributed by atoms with Crippen LogP contribution in [0, 0.1) is 6.92 Å². The second-order valence-corrected chi connectivity index (χ2v) is 7.19. The highest BCUT2D eigenvalue weighted by molar-refractivity contribution is 5.98. The van der Waals surface area contributed by atoms with E-state index in [4.69, 9.17) is 5.73 Å². The standard InChI is InChI=1S/C20H23N7O2/c1-13-4-2-5-14(10-13)20(29)27-8-3-6-15(27)19(28)22-7-9-26-12-25-16-17(21)23-11-24-18(16)26/h2,4-5,10-12,15H,3,6-9H2,1H3,(H,22,28)(H2,21,23,24)/t15-/m1/s1. The molecule has 0 unspecified atom stereocenters. The van der Waals surface area contributed by atoms with Gasteiger partial charge < -0.3 is 20.5 Å². The van der Waals surface area contributed by atoms with Gasteiger partial charge in [-0.3, -0.25) is 9.59 Å².